The standard InChI is InChI=1S/C18H25NO4Si/c1-5-22-18(20)16-15(23-13-21-11-12-24(2,3)4)9-8-14-7-6-10-19-17(14)16/h6-10H,5,11-13H2,1-4H3. The molecule has 1 aromatic carbocycles. The smallest absolute Gasteiger partial charge is 0.344 e. The van der Waals surface area contributed by atoms with Crippen LogP contribution in [0.4, 0.5) is 0 Å². The first-order valence-electron chi connectivity index (χ1n) is 8.18. The normalized spacial score (nSPS) is 11.5. The molecule has 0 aliphatic heterocycles. The van der Waals surface area contributed by atoms with Crippen LogP contribution in [0.2, 0.25) is 25.7 Å². The molecule has 0 spiro atoms. The van der Waals surface area contributed by atoms with Gasteiger partial charge in [-0.2, -0.15) is 0 Å². The van der Waals surface area contributed by atoms with Crippen LogP contribution in [0.3, 0.4) is 0 Å². The molecule has 2 aromatic rings. The Hall–Kier alpha value is -1.92. The summed E-state index contributed by atoms with van der Waals surface area (Å²) in [5.41, 5.74) is 0.930. The molecular weight excluding hydrogens is 322 g/mol. The summed E-state index contributed by atoms with van der Waals surface area (Å²) in [5.74, 6) is 0.00607. The van der Waals surface area contributed by atoms with Gasteiger partial charge in [-0.1, -0.05) is 25.7 Å². The van der Waals surface area contributed by atoms with E-state index < -0.39 is 14.0 Å². The third-order valence-corrected chi connectivity index (χ3v) is 5.21. The number of ether oxygens (including phenoxy) is 3. The number of rotatable bonds is 8. The maximum Gasteiger partial charge on any atom is 0.344 e. The Morgan fingerprint density at radius 1 is 1.21 bits per heavy atom. The Kier molecular flexibility index (Phi) is 6.34. The Morgan fingerprint density at radius 3 is 2.71 bits per heavy atom. The number of pyridine rings is 1. The van der Waals surface area contributed by atoms with Crippen molar-refractivity contribution in [2.45, 2.75) is 32.6 Å². The lowest BCUT2D eigenvalue weighted by molar-refractivity contribution is 0.0205. The van der Waals surface area contributed by atoms with Crippen molar-refractivity contribution in [3.8, 4) is 5.75 Å². The second kappa shape index (κ2) is 8.26. The number of carbonyl (C=O) groups is 1. The van der Waals surface area contributed by atoms with Crippen molar-refractivity contribution in [1.29, 1.82) is 0 Å². The number of nitrogens with zero attached hydrogens (tertiary/aromatic N) is 1. The maximum atomic E-state index is 12.3. The van der Waals surface area contributed by atoms with Gasteiger partial charge in [-0.3, -0.25) is 4.98 Å². The van der Waals surface area contributed by atoms with Crippen LogP contribution in [0.25, 0.3) is 10.9 Å². The van der Waals surface area contributed by atoms with E-state index in [0.717, 1.165) is 11.4 Å². The lowest BCUT2D eigenvalue weighted by Crippen LogP contribution is -2.22. The van der Waals surface area contributed by atoms with Crippen LogP contribution in [0.1, 0.15) is 17.3 Å². The van der Waals surface area contributed by atoms with Gasteiger partial charge in [0.15, 0.2) is 6.79 Å². The first-order chi connectivity index (χ1) is 11.4. The van der Waals surface area contributed by atoms with E-state index in [2.05, 4.69) is 24.6 Å². The van der Waals surface area contributed by atoms with Gasteiger partial charge in [0.1, 0.15) is 11.3 Å². The van der Waals surface area contributed by atoms with Gasteiger partial charge in [0.05, 0.1) is 12.1 Å². The first kappa shape index (κ1) is 18.4. The molecule has 5 nitrogen and oxygen atoms in total. The molecule has 130 valence electrons. The minimum atomic E-state index is -1.13. The van der Waals surface area contributed by atoms with Gasteiger partial charge in [-0.15, -0.1) is 0 Å². The molecule has 0 fully saturated rings. The van der Waals surface area contributed by atoms with Gasteiger partial charge in [-0.05, 0) is 31.2 Å². The van der Waals surface area contributed by atoms with Crippen LogP contribution in [0.15, 0.2) is 30.5 Å². The summed E-state index contributed by atoms with van der Waals surface area (Å²) in [6.45, 7) is 9.73. The summed E-state index contributed by atoms with van der Waals surface area (Å²) in [5, 5.41) is 0.868. The highest BCUT2D eigenvalue weighted by atomic mass is 28.3. The van der Waals surface area contributed by atoms with Crippen LogP contribution in [-0.2, 0) is 9.47 Å². The van der Waals surface area contributed by atoms with Crippen molar-refractivity contribution < 1.29 is 19.0 Å². The number of esters is 1. The molecule has 1 aromatic heterocycles. The number of fused-ring (bicyclic) bond motifs is 1. The monoisotopic (exact) mass is 347 g/mol. The van der Waals surface area contributed by atoms with Crippen molar-refractivity contribution in [2.75, 3.05) is 20.0 Å². The zero-order valence-electron chi connectivity index (χ0n) is 14.8. The van der Waals surface area contributed by atoms with E-state index in [0.29, 0.717) is 30.0 Å². The molecule has 0 aliphatic rings. The molecule has 0 amide bonds. The van der Waals surface area contributed by atoms with E-state index in [4.69, 9.17) is 14.2 Å². The Morgan fingerprint density at radius 2 is 2.00 bits per heavy atom. The number of benzene rings is 1. The molecule has 0 N–H and O–H groups in total. The highest BCUT2D eigenvalue weighted by Crippen LogP contribution is 2.27. The molecule has 0 bridgehead atoms. The summed E-state index contributed by atoms with van der Waals surface area (Å²) in [6, 6.07) is 8.44. The van der Waals surface area contributed by atoms with E-state index in [1.807, 2.05) is 18.2 Å². The molecule has 2 rings (SSSR count). The lowest BCUT2D eigenvalue weighted by Gasteiger charge is -2.16. The largest absolute Gasteiger partial charge is 0.467 e. The van der Waals surface area contributed by atoms with E-state index in [9.17, 15) is 4.79 Å². The average molecular weight is 347 g/mol. The molecule has 0 radical (unpaired) electrons. The molecule has 0 unspecified atom stereocenters. The van der Waals surface area contributed by atoms with Crippen LogP contribution in [-0.4, -0.2) is 39.0 Å². The van der Waals surface area contributed by atoms with Crippen LogP contribution < -0.4 is 4.74 Å². The van der Waals surface area contributed by atoms with Gasteiger partial charge in [0, 0.05) is 26.3 Å². The Labute approximate surface area is 144 Å². The van der Waals surface area contributed by atoms with Crippen LogP contribution >= 0.6 is 0 Å². The molecule has 6 heteroatoms. The van der Waals surface area contributed by atoms with E-state index >= 15 is 0 Å². The summed E-state index contributed by atoms with van der Waals surface area (Å²) in [4.78, 5) is 16.6. The Bertz CT molecular complexity index is 697. The van der Waals surface area contributed by atoms with Gasteiger partial charge in [0.25, 0.3) is 0 Å². The quantitative estimate of drug-likeness (QED) is 0.311. The fraction of sp³-hybridized carbons (Fsp3) is 0.444. The SMILES string of the molecule is CCOC(=O)c1c(OCOCC[Si](C)(C)C)ccc2cccnc12. The molecule has 1 heterocycles. The maximum absolute atomic E-state index is 12.3. The number of hydrogen-bond donors (Lipinski definition) is 0. The minimum Gasteiger partial charge on any atom is -0.467 e. The van der Waals surface area contributed by atoms with Gasteiger partial charge in [0.2, 0.25) is 0 Å². The fourth-order valence-corrected chi connectivity index (χ4v) is 2.95. The second-order valence-corrected chi connectivity index (χ2v) is 12.3. The van der Waals surface area contributed by atoms with Gasteiger partial charge >= 0.3 is 5.97 Å². The van der Waals surface area contributed by atoms with Crippen molar-refractivity contribution in [2.24, 2.45) is 0 Å². The first-order valence-corrected chi connectivity index (χ1v) is 11.9. The topological polar surface area (TPSA) is 57.7 Å². The zero-order chi connectivity index (χ0) is 17.6. The van der Waals surface area contributed by atoms with Gasteiger partial charge in [-0.25, -0.2) is 4.79 Å². The second-order valence-electron chi connectivity index (χ2n) is 6.72. The minimum absolute atomic E-state index is 0.106. The summed E-state index contributed by atoms with van der Waals surface area (Å²) in [7, 11) is -1.13. The highest BCUT2D eigenvalue weighted by Gasteiger charge is 2.19. The lowest BCUT2D eigenvalue weighted by atomic mass is 10.1. The molecular formula is C18H25NO4Si. The van der Waals surface area contributed by atoms with E-state index in [-0.39, 0.29) is 6.79 Å². The third-order valence-electron chi connectivity index (χ3n) is 3.51. The molecule has 0 aliphatic carbocycles. The van der Waals surface area contributed by atoms with Crippen LogP contribution in [0, 0.1) is 0 Å². The summed E-state index contributed by atoms with van der Waals surface area (Å²) >= 11 is 0. The number of aromatic nitrogens is 1. The third kappa shape index (κ3) is 5.04. The summed E-state index contributed by atoms with van der Waals surface area (Å²) < 4.78 is 16.4. The van der Waals surface area contributed by atoms with Crippen molar-refractivity contribution in [3.05, 3.63) is 36.0 Å². The Balaban J connectivity index is 2.14. The molecule has 24 heavy (non-hydrogen) atoms. The van der Waals surface area contributed by atoms with E-state index in [1.54, 1.807) is 19.2 Å². The zero-order valence-corrected chi connectivity index (χ0v) is 15.8. The number of hydrogen-bond acceptors (Lipinski definition) is 5. The fourth-order valence-electron chi connectivity index (χ4n) is 2.19. The van der Waals surface area contributed by atoms with Crippen molar-refractivity contribution in [3.63, 3.8) is 0 Å². The highest BCUT2D eigenvalue weighted by molar-refractivity contribution is 6.76. The summed E-state index contributed by atoms with van der Waals surface area (Å²) in [6.07, 6.45) is 1.65. The molecule has 0 atom stereocenters. The number of carbonyl (C=O) groups excluding carboxylic acids is 1. The molecule has 0 saturated carbocycles. The van der Waals surface area contributed by atoms with E-state index in [1.165, 1.54) is 0 Å². The van der Waals surface area contributed by atoms with Crippen molar-refractivity contribution >= 4 is 24.9 Å². The van der Waals surface area contributed by atoms with Gasteiger partial charge < -0.3 is 14.2 Å². The molecule has 0 saturated heterocycles. The predicted molar refractivity (Wildman–Crippen MR) is 97.3 cm³/mol. The predicted octanol–water partition coefficient (Wildman–Crippen LogP) is 4.10. The van der Waals surface area contributed by atoms with Crippen LogP contribution in [0.5, 0.6) is 5.75 Å². The van der Waals surface area contributed by atoms with Crippen molar-refractivity contribution in [1.82, 2.24) is 4.98 Å². The average Bonchev–Trinajstić information content (AvgIpc) is 2.53.